The zero-order valence-corrected chi connectivity index (χ0v) is 22.2. The number of allylic oxidation sites excluding steroid dienone is 10. The molecule has 0 rings (SSSR count). The molecule has 2 nitrogen and oxygen atoms in total. The van der Waals surface area contributed by atoms with E-state index >= 15 is 0 Å². The summed E-state index contributed by atoms with van der Waals surface area (Å²) in [4.78, 5) is 10.3. The van der Waals surface area contributed by atoms with Crippen LogP contribution in [0, 0.1) is 0 Å². The minimum absolute atomic E-state index is 0.225. The van der Waals surface area contributed by atoms with Crippen LogP contribution in [0.3, 0.4) is 0 Å². The van der Waals surface area contributed by atoms with Crippen LogP contribution in [0.1, 0.15) is 135 Å². The smallest absolute Gasteiger partial charge is 0.0414 e. The van der Waals surface area contributed by atoms with Crippen LogP contribution in [0.2, 0.25) is 0 Å². The van der Waals surface area contributed by atoms with Gasteiger partial charge in [-0.1, -0.05) is 138 Å². The molecule has 0 heterocycles. The lowest BCUT2D eigenvalue weighted by Gasteiger charge is -2.03. The summed E-state index contributed by atoms with van der Waals surface area (Å²) in [5.41, 5.74) is 0. The molecule has 2 heteroatoms. The summed E-state index contributed by atoms with van der Waals surface area (Å²) in [6.45, 7) is 2.17. The maximum absolute atomic E-state index is 10.3. The predicted molar refractivity (Wildman–Crippen MR) is 149 cm³/mol. The largest absolute Gasteiger partial charge is 0.550 e. The Hall–Kier alpha value is -1.83. The Bertz CT molecular complexity index is 566. The number of rotatable bonds is 25. The number of carboxylic acids is 1. The lowest BCUT2D eigenvalue weighted by atomic mass is 10.0. The van der Waals surface area contributed by atoms with Crippen molar-refractivity contribution in [2.75, 3.05) is 0 Å². The van der Waals surface area contributed by atoms with Gasteiger partial charge in [-0.15, -0.1) is 0 Å². The van der Waals surface area contributed by atoms with Crippen molar-refractivity contribution in [3.05, 3.63) is 60.8 Å². The summed E-state index contributed by atoms with van der Waals surface area (Å²) in [6, 6.07) is 0. The van der Waals surface area contributed by atoms with Crippen LogP contribution < -0.4 is 5.11 Å². The molecule has 0 atom stereocenters. The van der Waals surface area contributed by atoms with Crippen molar-refractivity contribution < 1.29 is 9.90 Å². The van der Waals surface area contributed by atoms with E-state index < -0.39 is 5.97 Å². The summed E-state index contributed by atoms with van der Waals surface area (Å²) >= 11 is 0. The maximum Gasteiger partial charge on any atom is 0.0414 e. The molecule has 0 saturated carbocycles. The fraction of sp³-hybridized carbons (Fsp3) is 0.656. The van der Waals surface area contributed by atoms with E-state index in [-0.39, 0.29) is 6.42 Å². The Kier molecular flexibility index (Phi) is 27.6. The molecule has 0 aromatic carbocycles. The van der Waals surface area contributed by atoms with E-state index in [4.69, 9.17) is 0 Å². The van der Waals surface area contributed by atoms with Gasteiger partial charge in [0.2, 0.25) is 0 Å². The molecule has 0 amide bonds. The molecule has 0 unspecified atom stereocenters. The quantitative estimate of drug-likeness (QED) is 0.0986. The van der Waals surface area contributed by atoms with Gasteiger partial charge in [-0.2, -0.15) is 0 Å². The molecule has 0 bridgehead atoms. The standard InChI is InChI=1S/C32H54O2/c1-2-3-4-5-6-7-8-9-10-11-12-13-14-15-16-17-18-19-20-21-22-23-24-25-26-27-28-29-30-31-32(33)34/h3-4,6-7,9-10,12-13,15-16H,2,5,8,11,14,17-31H2,1H3,(H,33,34)/p-1/b4-3-,7-6-,10-9-,13-12-,16-15-. The molecule has 0 radical (unpaired) electrons. The molecule has 34 heavy (non-hydrogen) atoms. The molecule has 0 aliphatic carbocycles. The van der Waals surface area contributed by atoms with Gasteiger partial charge in [0.15, 0.2) is 0 Å². The third-order valence-electron chi connectivity index (χ3n) is 5.91. The normalized spacial score (nSPS) is 12.5. The van der Waals surface area contributed by atoms with Crippen molar-refractivity contribution in [3.63, 3.8) is 0 Å². The number of carbonyl (C=O) groups is 1. The Morgan fingerprint density at radius 3 is 1.18 bits per heavy atom. The predicted octanol–water partition coefficient (Wildman–Crippen LogP) is 9.34. The van der Waals surface area contributed by atoms with Gasteiger partial charge >= 0.3 is 0 Å². The molecule has 194 valence electrons. The van der Waals surface area contributed by atoms with Gasteiger partial charge in [0, 0.05) is 5.97 Å². The number of aliphatic carboxylic acids is 1. The SMILES string of the molecule is CC/C=C\C/C=C\C/C=C\C/C=C\C/C=C\CCCCCCCCCCCCCCCC(=O)[O-]. The van der Waals surface area contributed by atoms with Crippen molar-refractivity contribution in [1.29, 1.82) is 0 Å². The number of carbonyl (C=O) groups excluding carboxylic acids is 1. The zero-order valence-electron chi connectivity index (χ0n) is 22.2. The highest BCUT2D eigenvalue weighted by atomic mass is 16.4. The first-order valence-electron chi connectivity index (χ1n) is 14.2. The molecule has 0 aliphatic rings. The first-order chi connectivity index (χ1) is 16.8. The van der Waals surface area contributed by atoms with Crippen molar-refractivity contribution in [1.82, 2.24) is 0 Å². The average molecular weight is 470 g/mol. The monoisotopic (exact) mass is 469 g/mol. The minimum atomic E-state index is -0.908. The molecular formula is C32H53O2-. The molecule has 0 saturated heterocycles. The third-order valence-corrected chi connectivity index (χ3v) is 5.91. The number of hydrogen-bond donors (Lipinski definition) is 0. The first kappa shape index (κ1) is 32.2. The van der Waals surface area contributed by atoms with E-state index in [0.29, 0.717) is 0 Å². The molecule has 0 spiro atoms. The zero-order chi connectivity index (χ0) is 24.8. The molecule has 0 N–H and O–H groups in total. The minimum Gasteiger partial charge on any atom is -0.550 e. The molecule has 0 aromatic heterocycles. The maximum atomic E-state index is 10.3. The molecular weight excluding hydrogens is 416 g/mol. The van der Waals surface area contributed by atoms with Gasteiger partial charge in [-0.3, -0.25) is 0 Å². The summed E-state index contributed by atoms with van der Waals surface area (Å²) in [5, 5.41) is 10.3. The summed E-state index contributed by atoms with van der Waals surface area (Å²) in [7, 11) is 0. The van der Waals surface area contributed by atoms with Crippen LogP contribution in [-0.2, 0) is 4.79 Å². The fourth-order valence-electron chi connectivity index (χ4n) is 3.84. The topological polar surface area (TPSA) is 40.1 Å². The third kappa shape index (κ3) is 30.2. The van der Waals surface area contributed by atoms with Crippen molar-refractivity contribution in [2.24, 2.45) is 0 Å². The summed E-state index contributed by atoms with van der Waals surface area (Å²) in [6.07, 6.45) is 45.7. The van der Waals surface area contributed by atoms with Crippen molar-refractivity contribution in [3.8, 4) is 0 Å². The first-order valence-corrected chi connectivity index (χ1v) is 14.2. The van der Waals surface area contributed by atoms with Crippen LogP contribution in [0.4, 0.5) is 0 Å². The van der Waals surface area contributed by atoms with Crippen molar-refractivity contribution in [2.45, 2.75) is 135 Å². The second-order valence-corrected chi connectivity index (χ2v) is 9.21. The highest BCUT2D eigenvalue weighted by Crippen LogP contribution is 2.13. The van der Waals surface area contributed by atoms with Gasteiger partial charge < -0.3 is 9.90 Å². The number of carboxylic acid groups (broad SMARTS) is 1. The Balaban J connectivity index is 3.27. The Morgan fingerprint density at radius 2 is 0.794 bits per heavy atom. The Morgan fingerprint density at radius 1 is 0.471 bits per heavy atom. The van der Waals surface area contributed by atoms with E-state index in [0.717, 1.165) is 44.9 Å². The van der Waals surface area contributed by atoms with Gasteiger partial charge in [0.1, 0.15) is 0 Å². The van der Waals surface area contributed by atoms with E-state index in [1.165, 1.54) is 77.0 Å². The van der Waals surface area contributed by atoms with Crippen molar-refractivity contribution >= 4 is 5.97 Å². The van der Waals surface area contributed by atoms with E-state index in [1.54, 1.807) is 0 Å². The van der Waals surface area contributed by atoms with E-state index in [1.807, 2.05) is 0 Å². The highest BCUT2D eigenvalue weighted by Gasteiger charge is 1.94. The fourth-order valence-corrected chi connectivity index (χ4v) is 3.84. The lowest BCUT2D eigenvalue weighted by molar-refractivity contribution is -0.305. The van der Waals surface area contributed by atoms with E-state index in [9.17, 15) is 9.90 Å². The van der Waals surface area contributed by atoms with Gasteiger partial charge in [0.05, 0.1) is 0 Å². The number of unbranched alkanes of at least 4 members (excludes halogenated alkanes) is 13. The second kappa shape index (κ2) is 29.2. The second-order valence-electron chi connectivity index (χ2n) is 9.21. The van der Waals surface area contributed by atoms with E-state index in [2.05, 4.69) is 67.7 Å². The van der Waals surface area contributed by atoms with Crippen LogP contribution in [0.5, 0.6) is 0 Å². The number of hydrogen-bond acceptors (Lipinski definition) is 2. The molecule has 0 aromatic rings. The van der Waals surface area contributed by atoms with Gasteiger partial charge in [-0.05, 0) is 57.8 Å². The Labute approximate surface area is 212 Å². The summed E-state index contributed by atoms with van der Waals surface area (Å²) < 4.78 is 0. The summed E-state index contributed by atoms with van der Waals surface area (Å²) in [5.74, 6) is -0.908. The van der Waals surface area contributed by atoms with Crippen LogP contribution in [0.15, 0.2) is 60.8 Å². The molecule has 0 aliphatic heterocycles. The molecule has 0 fully saturated rings. The highest BCUT2D eigenvalue weighted by molar-refractivity contribution is 5.64. The van der Waals surface area contributed by atoms with Gasteiger partial charge in [-0.25, -0.2) is 0 Å². The van der Waals surface area contributed by atoms with Crippen LogP contribution in [-0.4, -0.2) is 5.97 Å². The van der Waals surface area contributed by atoms with Crippen LogP contribution in [0.25, 0.3) is 0 Å². The van der Waals surface area contributed by atoms with Gasteiger partial charge in [0.25, 0.3) is 0 Å². The average Bonchev–Trinajstić information content (AvgIpc) is 2.83. The van der Waals surface area contributed by atoms with Crippen LogP contribution >= 0.6 is 0 Å². The lowest BCUT2D eigenvalue weighted by Crippen LogP contribution is -2.21.